The van der Waals surface area contributed by atoms with Crippen molar-refractivity contribution in [1.29, 1.82) is 0 Å². The van der Waals surface area contributed by atoms with Crippen molar-refractivity contribution >= 4 is 5.91 Å². The minimum absolute atomic E-state index is 0.0728. The molecular formula is C19H22N4O. The zero-order valence-corrected chi connectivity index (χ0v) is 14.0. The van der Waals surface area contributed by atoms with Crippen molar-refractivity contribution in [3.8, 4) is 0 Å². The number of hydrogen-bond acceptors (Lipinski definition) is 4. The first-order valence-corrected chi connectivity index (χ1v) is 8.54. The second-order valence-corrected chi connectivity index (χ2v) is 6.99. The van der Waals surface area contributed by atoms with Gasteiger partial charge in [-0.25, -0.2) is 9.97 Å². The van der Waals surface area contributed by atoms with E-state index in [0.717, 1.165) is 61.4 Å². The van der Waals surface area contributed by atoms with Gasteiger partial charge in [-0.1, -0.05) is 18.2 Å². The number of aryl methyl sites for hydroxylation is 2. The molecule has 5 heteroatoms. The Hall–Kier alpha value is -2.27. The summed E-state index contributed by atoms with van der Waals surface area (Å²) in [7, 11) is 0. The van der Waals surface area contributed by atoms with Gasteiger partial charge in [0.05, 0.1) is 5.54 Å². The average Bonchev–Trinajstić information content (AvgIpc) is 2.91. The van der Waals surface area contributed by atoms with Crippen molar-refractivity contribution in [3.63, 3.8) is 0 Å². The fourth-order valence-corrected chi connectivity index (χ4v) is 3.86. The molecule has 4 rings (SSSR count). The summed E-state index contributed by atoms with van der Waals surface area (Å²) in [6.45, 7) is 4.61. The summed E-state index contributed by atoms with van der Waals surface area (Å²) in [5, 5.41) is 3.32. The molecule has 5 nitrogen and oxygen atoms in total. The summed E-state index contributed by atoms with van der Waals surface area (Å²) in [5.41, 5.74) is 3.01. The van der Waals surface area contributed by atoms with Crippen LogP contribution in [0.25, 0.3) is 0 Å². The van der Waals surface area contributed by atoms with Gasteiger partial charge >= 0.3 is 0 Å². The van der Waals surface area contributed by atoms with E-state index >= 15 is 0 Å². The Morgan fingerprint density at radius 1 is 1.21 bits per heavy atom. The molecule has 1 spiro atoms. The lowest BCUT2D eigenvalue weighted by Gasteiger charge is -2.29. The van der Waals surface area contributed by atoms with Crippen LogP contribution in [0.1, 0.15) is 40.2 Å². The highest BCUT2D eigenvalue weighted by Gasteiger charge is 2.41. The highest BCUT2D eigenvalue weighted by Crippen LogP contribution is 2.31. The molecule has 0 aliphatic carbocycles. The summed E-state index contributed by atoms with van der Waals surface area (Å²) < 4.78 is 0. The van der Waals surface area contributed by atoms with Crippen LogP contribution >= 0.6 is 0 Å². The third kappa shape index (κ3) is 2.91. The monoisotopic (exact) mass is 322 g/mol. The molecule has 3 heterocycles. The van der Waals surface area contributed by atoms with Gasteiger partial charge in [0.1, 0.15) is 5.82 Å². The number of benzene rings is 1. The molecule has 0 saturated carbocycles. The standard InChI is InChI=1S/C19H22N4O/c1-14-20-10-15(11-21-14)12-23-9-8-19(13-23)7-6-16-4-2-3-5-17(16)18(24)22-19/h2-5,10-11H,6-9,12-13H2,1H3,(H,22,24)/t19-/m1/s1. The Balaban J connectivity index is 1.48. The van der Waals surface area contributed by atoms with E-state index in [4.69, 9.17) is 0 Å². The first-order valence-electron chi connectivity index (χ1n) is 8.54. The number of aromatic nitrogens is 2. The highest BCUT2D eigenvalue weighted by molar-refractivity contribution is 5.96. The number of carbonyl (C=O) groups excluding carboxylic acids is 1. The van der Waals surface area contributed by atoms with Crippen LogP contribution in [0.5, 0.6) is 0 Å². The van der Waals surface area contributed by atoms with Gasteiger partial charge in [0, 0.05) is 43.2 Å². The van der Waals surface area contributed by atoms with E-state index in [1.54, 1.807) is 0 Å². The normalized spacial score (nSPS) is 23.8. The van der Waals surface area contributed by atoms with Crippen molar-refractivity contribution in [2.75, 3.05) is 13.1 Å². The van der Waals surface area contributed by atoms with Crippen LogP contribution in [0.3, 0.4) is 0 Å². The SMILES string of the molecule is Cc1ncc(CN2CC[C@]3(CCc4ccccc4C(=O)N3)C2)cn1. The number of likely N-dealkylation sites (tertiary alicyclic amines) is 1. The maximum atomic E-state index is 12.6. The van der Waals surface area contributed by atoms with Gasteiger partial charge in [0.15, 0.2) is 0 Å². The minimum atomic E-state index is -0.109. The first kappa shape index (κ1) is 15.3. The van der Waals surface area contributed by atoms with E-state index in [-0.39, 0.29) is 11.4 Å². The summed E-state index contributed by atoms with van der Waals surface area (Å²) in [6.07, 6.45) is 6.75. The number of rotatable bonds is 2. The molecule has 2 aliphatic rings. The molecule has 1 amide bonds. The fraction of sp³-hybridized carbons (Fsp3) is 0.421. The molecule has 1 N–H and O–H groups in total. The molecule has 0 bridgehead atoms. The van der Waals surface area contributed by atoms with Gasteiger partial charge in [0.25, 0.3) is 5.91 Å². The lowest BCUT2D eigenvalue weighted by molar-refractivity contribution is 0.0902. The number of hydrogen-bond donors (Lipinski definition) is 1. The second kappa shape index (κ2) is 5.98. The van der Waals surface area contributed by atoms with E-state index in [2.05, 4.69) is 26.3 Å². The van der Waals surface area contributed by atoms with Crippen LogP contribution < -0.4 is 5.32 Å². The Kier molecular flexibility index (Phi) is 3.81. The molecule has 2 aromatic rings. The Morgan fingerprint density at radius 3 is 2.83 bits per heavy atom. The Labute approximate surface area is 142 Å². The predicted molar refractivity (Wildman–Crippen MR) is 91.6 cm³/mol. The van der Waals surface area contributed by atoms with Gasteiger partial charge in [-0.2, -0.15) is 0 Å². The molecule has 1 saturated heterocycles. The largest absolute Gasteiger partial charge is 0.345 e. The van der Waals surface area contributed by atoms with Gasteiger partial charge < -0.3 is 5.32 Å². The number of nitrogens with zero attached hydrogens (tertiary/aromatic N) is 3. The van der Waals surface area contributed by atoms with Crippen LogP contribution in [-0.4, -0.2) is 39.4 Å². The maximum Gasteiger partial charge on any atom is 0.252 e. The van der Waals surface area contributed by atoms with E-state index in [1.165, 1.54) is 0 Å². The van der Waals surface area contributed by atoms with Crippen molar-refractivity contribution < 1.29 is 4.79 Å². The number of carbonyl (C=O) groups is 1. The van der Waals surface area contributed by atoms with Crippen LogP contribution in [0.15, 0.2) is 36.7 Å². The van der Waals surface area contributed by atoms with Crippen molar-refractivity contribution in [1.82, 2.24) is 20.2 Å². The minimum Gasteiger partial charge on any atom is -0.345 e. The number of amides is 1. The molecule has 1 atom stereocenters. The molecule has 124 valence electrons. The number of fused-ring (bicyclic) bond motifs is 1. The summed E-state index contributed by atoms with van der Waals surface area (Å²) in [5.74, 6) is 0.869. The van der Waals surface area contributed by atoms with Gasteiger partial charge in [-0.3, -0.25) is 9.69 Å². The molecule has 1 aromatic heterocycles. The second-order valence-electron chi connectivity index (χ2n) is 6.99. The van der Waals surface area contributed by atoms with E-state index in [0.29, 0.717) is 0 Å². The van der Waals surface area contributed by atoms with Crippen molar-refractivity contribution in [2.24, 2.45) is 0 Å². The average molecular weight is 322 g/mol. The molecule has 0 unspecified atom stereocenters. The molecular weight excluding hydrogens is 300 g/mol. The predicted octanol–water partition coefficient (Wildman–Crippen LogP) is 2.11. The zero-order valence-electron chi connectivity index (χ0n) is 14.0. The summed E-state index contributed by atoms with van der Waals surface area (Å²) in [6, 6.07) is 7.96. The molecule has 1 aromatic carbocycles. The third-order valence-electron chi connectivity index (χ3n) is 5.19. The smallest absolute Gasteiger partial charge is 0.252 e. The summed E-state index contributed by atoms with van der Waals surface area (Å²) >= 11 is 0. The van der Waals surface area contributed by atoms with Crippen molar-refractivity contribution in [3.05, 3.63) is 59.2 Å². The Bertz CT molecular complexity index is 758. The summed E-state index contributed by atoms with van der Waals surface area (Å²) in [4.78, 5) is 23.6. The quantitative estimate of drug-likeness (QED) is 0.920. The fourth-order valence-electron chi connectivity index (χ4n) is 3.86. The Morgan fingerprint density at radius 2 is 2.00 bits per heavy atom. The lowest BCUT2D eigenvalue weighted by atomic mass is 9.91. The maximum absolute atomic E-state index is 12.6. The zero-order chi connectivity index (χ0) is 16.6. The third-order valence-corrected chi connectivity index (χ3v) is 5.19. The van der Waals surface area contributed by atoms with Gasteiger partial charge in [-0.15, -0.1) is 0 Å². The molecule has 1 fully saturated rings. The van der Waals surface area contributed by atoms with E-state index < -0.39 is 0 Å². The van der Waals surface area contributed by atoms with E-state index in [9.17, 15) is 4.79 Å². The van der Waals surface area contributed by atoms with E-state index in [1.807, 2.05) is 37.5 Å². The van der Waals surface area contributed by atoms with Crippen LogP contribution in [0.4, 0.5) is 0 Å². The van der Waals surface area contributed by atoms with Crippen molar-refractivity contribution in [2.45, 2.75) is 38.3 Å². The molecule has 0 radical (unpaired) electrons. The lowest BCUT2D eigenvalue weighted by Crippen LogP contribution is -2.49. The van der Waals surface area contributed by atoms with Crippen LogP contribution in [0.2, 0.25) is 0 Å². The van der Waals surface area contributed by atoms with Gasteiger partial charge in [0.2, 0.25) is 0 Å². The van der Waals surface area contributed by atoms with Crippen LogP contribution in [0, 0.1) is 6.92 Å². The highest BCUT2D eigenvalue weighted by atomic mass is 16.1. The molecule has 2 aliphatic heterocycles. The van der Waals surface area contributed by atoms with Crippen LogP contribution in [-0.2, 0) is 13.0 Å². The molecule has 24 heavy (non-hydrogen) atoms. The number of nitrogens with one attached hydrogen (secondary N) is 1. The first-order chi connectivity index (χ1) is 11.6. The topological polar surface area (TPSA) is 58.1 Å². The van der Waals surface area contributed by atoms with Gasteiger partial charge in [-0.05, 0) is 37.8 Å².